The number of thiazole rings is 1. The number of aryl methyl sites for hydroxylation is 1. The minimum atomic E-state index is -0.247. The first kappa shape index (κ1) is 13.5. The molecule has 6 heteroatoms. The molecule has 0 aliphatic carbocycles. The van der Waals surface area contributed by atoms with Gasteiger partial charge in [-0.15, -0.1) is 11.3 Å². The number of aromatic nitrogens is 1. The first-order chi connectivity index (χ1) is 9.10. The lowest BCUT2D eigenvalue weighted by atomic mass is 10.1. The summed E-state index contributed by atoms with van der Waals surface area (Å²) in [7, 11) is 0. The molecule has 0 atom stereocenters. The van der Waals surface area contributed by atoms with Gasteiger partial charge in [0, 0.05) is 11.1 Å². The Kier molecular flexibility index (Phi) is 4.13. The number of rotatable bonds is 4. The molecule has 0 saturated heterocycles. The lowest BCUT2D eigenvalue weighted by Crippen LogP contribution is -2.31. The van der Waals surface area contributed by atoms with Crippen molar-refractivity contribution in [2.24, 2.45) is 5.84 Å². The third-order valence-corrected chi connectivity index (χ3v) is 3.71. The minimum Gasteiger partial charge on any atom is -0.331 e. The fourth-order valence-corrected chi connectivity index (χ4v) is 2.39. The largest absolute Gasteiger partial charge is 0.331 e. The van der Waals surface area contributed by atoms with Crippen LogP contribution in [0.2, 0.25) is 0 Å². The van der Waals surface area contributed by atoms with E-state index in [1.54, 1.807) is 0 Å². The van der Waals surface area contributed by atoms with Crippen molar-refractivity contribution in [2.45, 2.75) is 20.3 Å². The summed E-state index contributed by atoms with van der Waals surface area (Å²) in [5, 5.41) is 5.89. The van der Waals surface area contributed by atoms with Gasteiger partial charge in [0.05, 0.1) is 12.1 Å². The van der Waals surface area contributed by atoms with Crippen molar-refractivity contribution in [3.8, 4) is 0 Å². The summed E-state index contributed by atoms with van der Waals surface area (Å²) in [6, 6.07) is 6.08. The van der Waals surface area contributed by atoms with Gasteiger partial charge in [-0.05, 0) is 31.0 Å². The van der Waals surface area contributed by atoms with Crippen LogP contribution in [0.4, 0.5) is 10.8 Å². The summed E-state index contributed by atoms with van der Waals surface area (Å²) in [5.41, 5.74) is 6.25. The van der Waals surface area contributed by atoms with Crippen LogP contribution in [0.1, 0.15) is 16.8 Å². The molecule has 0 unspecified atom stereocenters. The van der Waals surface area contributed by atoms with Gasteiger partial charge >= 0.3 is 0 Å². The van der Waals surface area contributed by atoms with Crippen molar-refractivity contribution in [1.82, 2.24) is 10.4 Å². The van der Waals surface area contributed by atoms with E-state index in [4.69, 9.17) is 5.84 Å². The Labute approximate surface area is 115 Å². The van der Waals surface area contributed by atoms with Gasteiger partial charge < -0.3 is 5.32 Å². The van der Waals surface area contributed by atoms with Gasteiger partial charge in [0.15, 0.2) is 5.13 Å². The van der Waals surface area contributed by atoms with Crippen LogP contribution in [0.3, 0.4) is 0 Å². The third-order valence-electron chi connectivity index (χ3n) is 2.90. The van der Waals surface area contributed by atoms with E-state index in [-0.39, 0.29) is 12.3 Å². The van der Waals surface area contributed by atoms with E-state index in [1.165, 1.54) is 22.5 Å². The summed E-state index contributed by atoms with van der Waals surface area (Å²) in [6.07, 6.45) is 0.196. The molecule has 0 aliphatic heterocycles. The molecule has 0 fully saturated rings. The minimum absolute atomic E-state index is 0.196. The Hall–Kier alpha value is -1.92. The van der Waals surface area contributed by atoms with Gasteiger partial charge in [-0.3, -0.25) is 10.2 Å². The number of carbonyl (C=O) groups is 1. The lowest BCUT2D eigenvalue weighted by Gasteiger charge is -2.08. The third kappa shape index (κ3) is 3.30. The van der Waals surface area contributed by atoms with Crippen molar-refractivity contribution in [2.75, 3.05) is 5.32 Å². The SMILES string of the molecule is Cc1cccc(Nc2nc(CC(=O)NN)cs2)c1C. The Morgan fingerprint density at radius 3 is 2.95 bits per heavy atom. The summed E-state index contributed by atoms with van der Waals surface area (Å²) in [5.74, 6) is 4.80. The summed E-state index contributed by atoms with van der Waals surface area (Å²) >= 11 is 1.47. The average molecular weight is 276 g/mol. The summed E-state index contributed by atoms with van der Waals surface area (Å²) in [4.78, 5) is 15.5. The molecular formula is C13H16N4OS. The smallest absolute Gasteiger partial charge is 0.239 e. The molecule has 0 aliphatic rings. The summed E-state index contributed by atoms with van der Waals surface area (Å²) < 4.78 is 0. The molecule has 0 saturated carbocycles. The maximum Gasteiger partial charge on any atom is 0.239 e. The number of carbonyl (C=O) groups excluding carboxylic acids is 1. The quantitative estimate of drug-likeness (QED) is 0.453. The average Bonchev–Trinajstić information content (AvgIpc) is 2.82. The topological polar surface area (TPSA) is 80.0 Å². The Morgan fingerprint density at radius 2 is 2.21 bits per heavy atom. The monoisotopic (exact) mass is 276 g/mol. The van der Waals surface area contributed by atoms with Crippen molar-refractivity contribution in [3.63, 3.8) is 0 Å². The Bertz CT molecular complexity index is 594. The number of anilines is 2. The van der Waals surface area contributed by atoms with Crippen LogP contribution in [0.5, 0.6) is 0 Å². The highest BCUT2D eigenvalue weighted by Gasteiger charge is 2.08. The van der Waals surface area contributed by atoms with Crippen molar-refractivity contribution in [3.05, 3.63) is 40.4 Å². The maximum absolute atomic E-state index is 11.2. The van der Waals surface area contributed by atoms with Crippen LogP contribution < -0.4 is 16.6 Å². The Balaban J connectivity index is 2.11. The fraction of sp³-hybridized carbons (Fsp3) is 0.231. The van der Waals surface area contributed by atoms with Crippen LogP contribution >= 0.6 is 11.3 Å². The number of nitrogens with one attached hydrogen (secondary N) is 2. The van der Waals surface area contributed by atoms with E-state index in [0.717, 1.165) is 10.8 Å². The standard InChI is InChI=1S/C13H16N4OS/c1-8-4-3-5-11(9(8)2)16-13-15-10(7-19-13)6-12(18)17-14/h3-5,7H,6,14H2,1-2H3,(H,15,16)(H,17,18). The van der Waals surface area contributed by atoms with Gasteiger partial charge in [0.25, 0.3) is 0 Å². The molecule has 5 nitrogen and oxygen atoms in total. The number of nitrogens with zero attached hydrogens (tertiary/aromatic N) is 1. The first-order valence-electron chi connectivity index (χ1n) is 5.87. The van der Waals surface area contributed by atoms with Crippen molar-refractivity contribution < 1.29 is 4.79 Å². The summed E-state index contributed by atoms with van der Waals surface area (Å²) in [6.45, 7) is 4.13. The highest BCUT2D eigenvalue weighted by Crippen LogP contribution is 2.25. The van der Waals surface area contributed by atoms with E-state index in [9.17, 15) is 4.79 Å². The van der Waals surface area contributed by atoms with Crippen molar-refractivity contribution >= 4 is 28.1 Å². The number of hydrogen-bond donors (Lipinski definition) is 3. The normalized spacial score (nSPS) is 10.3. The van der Waals surface area contributed by atoms with Crippen LogP contribution in [0, 0.1) is 13.8 Å². The van der Waals surface area contributed by atoms with Gasteiger partial charge in [-0.25, -0.2) is 10.8 Å². The molecule has 19 heavy (non-hydrogen) atoms. The predicted molar refractivity (Wildman–Crippen MR) is 77.3 cm³/mol. The second-order valence-electron chi connectivity index (χ2n) is 4.26. The van der Waals surface area contributed by atoms with E-state index >= 15 is 0 Å². The van der Waals surface area contributed by atoms with E-state index < -0.39 is 0 Å². The number of amides is 1. The molecule has 4 N–H and O–H groups in total. The van der Waals surface area contributed by atoms with Gasteiger partial charge in [0.1, 0.15) is 0 Å². The predicted octanol–water partition coefficient (Wildman–Crippen LogP) is 2.04. The molecule has 100 valence electrons. The number of hydrazine groups is 1. The molecule has 1 aromatic heterocycles. The van der Waals surface area contributed by atoms with E-state index in [2.05, 4.69) is 35.6 Å². The zero-order chi connectivity index (χ0) is 13.8. The molecule has 2 aromatic rings. The van der Waals surface area contributed by atoms with Crippen LogP contribution in [0.15, 0.2) is 23.6 Å². The van der Waals surface area contributed by atoms with Crippen LogP contribution in [-0.2, 0) is 11.2 Å². The van der Waals surface area contributed by atoms with E-state index in [0.29, 0.717) is 5.69 Å². The Morgan fingerprint density at radius 1 is 1.42 bits per heavy atom. The first-order valence-corrected chi connectivity index (χ1v) is 6.75. The highest BCUT2D eigenvalue weighted by molar-refractivity contribution is 7.13. The zero-order valence-electron chi connectivity index (χ0n) is 10.9. The number of nitrogens with two attached hydrogens (primary N) is 1. The second kappa shape index (κ2) is 5.81. The highest BCUT2D eigenvalue weighted by atomic mass is 32.1. The molecule has 1 amide bonds. The van der Waals surface area contributed by atoms with Crippen molar-refractivity contribution in [1.29, 1.82) is 0 Å². The van der Waals surface area contributed by atoms with Crippen LogP contribution in [0.25, 0.3) is 0 Å². The van der Waals surface area contributed by atoms with E-state index in [1.807, 2.05) is 17.5 Å². The molecule has 0 spiro atoms. The molecule has 0 radical (unpaired) electrons. The molecular weight excluding hydrogens is 260 g/mol. The molecule has 0 bridgehead atoms. The molecule has 1 heterocycles. The number of hydrogen-bond acceptors (Lipinski definition) is 5. The molecule has 2 rings (SSSR count). The van der Waals surface area contributed by atoms with Gasteiger partial charge in [0.2, 0.25) is 5.91 Å². The maximum atomic E-state index is 11.2. The molecule has 1 aromatic carbocycles. The van der Waals surface area contributed by atoms with Gasteiger partial charge in [-0.1, -0.05) is 12.1 Å². The second-order valence-corrected chi connectivity index (χ2v) is 5.12. The fourth-order valence-electron chi connectivity index (χ4n) is 1.66. The van der Waals surface area contributed by atoms with Gasteiger partial charge in [-0.2, -0.15) is 0 Å². The van der Waals surface area contributed by atoms with Crippen LogP contribution in [-0.4, -0.2) is 10.9 Å². The number of benzene rings is 1. The lowest BCUT2D eigenvalue weighted by molar-refractivity contribution is -0.120. The zero-order valence-corrected chi connectivity index (χ0v) is 11.7.